The Balaban J connectivity index is 1.44. The molecule has 2 heterocycles. The third-order valence-corrected chi connectivity index (χ3v) is 7.30. The highest BCUT2D eigenvalue weighted by atomic mass is 16.3. The fourth-order valence-corrected chi connectivity index (χ4v) is 5.18. The number of aliphatic hydroxyl groups is 1. The number of likely N-dealkylation sites (tertiary alicyclic amines) is 1. The molecule has 3 atom stereocenters. The molecule has 2 amide bonds. The summed E-state index contributed by atoms with van der Waals surface area (Å²) in [5.74, 6) is 0.493. The van der Waals surface area contributed by atoms with Crippen LogP contribution in [0, 0.1) is 28.6 Å². The van der Waals surface area contributed by atoms with E-state index in [1.807, 2.05) is 27.0 Å². The molecule has 1 saturated heterocycles. The molecule has 2 saturated carbocycles. The van der Waals surface area contributed by atoms with Gasteiger partial charge in [0.2, 0.25) is 11.8 Å². The van der Waals surface area contributed by atoms with Gasteiger partial charge >= 0.3 is 0 Å². The third kappa shape index (κ3) is 5.37. The van der Waals surface area contributed by atoms with E-state index >= 15 is 0 Å². The normalized spacial score (nSPS) is 28.9. The molecular weight excluding hydrogens is 420 g/mol. The molecule has 2 aliphatic carbocycles. The second-order valence-corrected chi connectivity index (χ2v) is 11.2. The van der Waals surface area contributed by atoms with Gasteiger partial charge in [-0.1, -0.05) is 26.0 Å². The van der Waals surface area contributed by atoms with E-state index in [1.54, 1.807) is 4.68 Å². The van der Waals surface area contributed by atoms with Crippen LogP contribution in [0.2, 0.25) is 0 Å². The molecule has 0 bridgehead atoms. The van der Waals surface area contributed by atoms with E-state index in [0.717, 1.165) is 44.2 Å². The molecule has 180 valence electrons. The molecule has 0 aromatic carbocycles. The summed E-state index contributed by atoms with van der Waals surface area (Å²) in [6, 6.07) is 1.03. The van der Waals surface area contributed by atoms with Gasteiger partial charge in [0.1, 0.15) is 12.1 Å². The minimum Gasteiger partial charge on any atom is -0.391 e. The van der Waals surface area contributed by atoms with Gasteiger partial charge < -0.3 is 15.3 Å². The number of aliphatic hydroxyl groups excluding tert-OH is 1. The number of carbonyl (C=O) groups is 2. The van der Waals surface area contributed by atoms with Gasteiger partial charge in [-0.25, -0.2) is 4.68 Å². The second-order valence-electron chi connectivity index (χ2n) is 11.2. The average molecular weight is 457 g/mol. The van der Waals surface area contributed by atoms with E-state index in [-0.39, 0.29) is 30.7 Å². The highest BCUT2D eigenvalue weighted by Gasteiger charge is 2.45. The molecule has 9 heteroatoms. The lowest BCUT2D eigenvalue weighted by Gasteiger charge is -2.34. The quantitative estimate of drug-likeness (QED) is 0.676. The zero-order valence-corrected chi connectivity index (χ0v) is 19.9. The summed E-state index contributed by atoms with van der Waals surface area (Å²) in [4.78, 5) is 28.3. The molecule has 1 aliphatic heterocycles. The zero-order chi connectivity index (χ0) is 23.8. The number of nitrogens with zero attached hydrogens (tertiary/aromatic N) is 5. The first-order valence-electron chi connectivity index (χ1n) is 12.2. The van der Waals surface area contributed by atoms with Gasteiger partial charge in [-0.3, -0.25) is 9.59 Å². The number of amides is 2. The summed E-state index contributed by atoms with van der Waals surface area (Å²) in [7, 11) is 0. The van der Waals surface area contributed by atoms with Gasteiger partial charge in [-0.15, -0.1) is 5.10 Å². The van der Waals surface area contributed by atoms with Crippen molar-refractivity contribution >= 4 is 11.8 Å². The number of hydrogen-bond acceptors (Lipinski definition) is 6. The maximum atomic E-state index is 13.7. The van der Waals surface area contributed by atoms with Crippen molar-refractivity contribution < 1.29 is 14.7 Å². The van der Waals surface area contributed by atoms with Crippen LogP contribution in [-0.2, 0) is 9.59 Å². The number of carbonyl (C=O) groups excluding carboxylic acids is 2. The Labute approximate surface area is 195 Å². The Morgan fingerprint density at radius 2 is 1.94 bits per heavy atom. The summed E-state index contributed by atoms with van der Waals surface area (Å²) in [6.07, 6.45) is 7.18. The lowest BCUT2D eigenvalue weighted by atomic mass is 9.83. The van der Waals surface area contributed by atoms with Crippen LogP contribution in [0.15, 0.2) is 6.20 Å². The molecule has 0 radical (unpaired) electrons. The van der Waals surface area contributed by atoms with E-state index in [0.29, 0.717) is 18.4 Å². The van der Waals surface area contributed by atoms with Crippen molar-refractivity contribution in [1.29, 1.82) is 5.26 Å². The van der Waals surface area contributed by atoms with Crippen LogP contribution in [0.1, 0.15) is 83.4 Å². The maximum absolute atomic E-state index is 13.7. The van der Waals surface area contributed by atoms with Gasteiger partial charge in [0.15, 0.2) is 0 Å². The van der Waals surface area contributed by atoms with Crippen molar-refractivity contribution in [2.45, 2.75) is 89.8 Å². The highest BCUT2D eigenvalue weighted by Crippen LogP contribution is 2.40. The number of aromatic nitrogens is 3. The summed E-state index contributed by atoms with van der Waals surface area (Å²) in [6.45, 7) is 6.62. The Hall–Kier alpha value is -2.47. The lowest BCUT2D eigenvalue weighted by Crippen LogP contribution is -2.51. The van der Waals surface area contributed by atoms with Crippen LogP contribution in [0.3, 0.4) is 0 Å². The van der Waals surface area contributed by atoms with Crippen LogP contribution in [0.4, 0.5) is 0 Å². The molecule has 1 aromatic rings. The predicted molar refractivity (Wildman–Crippen MR) is 121 cm³/mol. The van der Waals surface area contributed by atoms with Crippen molar-refractivity contribution in [3.05, 3.63) is 11.9 Å². The van der Waals surface area contributed by atoms with E-state index in [9.17, 15) is 14.7 Å². The molecule has 33 heavy (non-hydrogen) atoms. The second kappa shape index (κ2) is 9.41. The van der Waals surface area contributed by atoms with Gasteiger partial charge in [0, 0.05) is 37.5 Å². The molecule has 0 spiro atoms. The highest BCUT2D eigenvalue weighted by molar-refractivity contribution is 5.90. The van der Waals surface area contributed by atoms with Crippen LogP contribution in [0.25, 0.3) is 0 Å². The van der Waals surface area contributed by atoms with Gasteiger partial charge in [-0.05, 0) is 49.9 Å². The average Bonchev–Trinajstić information content (AvgIpc) is 3.38. The fraction of sp³-hybridized carbons (Fsp3) is 0.792. The molecule has 9 nitrogen and oxygen atoms in total. The van der Waals surface area contributed by atoms with Gasteiger partial charge in [-0.2, -0.15) is 5.26 Å². The minimum atomic E-state index is -0.728. The fourth-order valence-electron chi connectivity index (χ4n) is 5.18. The molecule has 0 unspecified atom stereocenters. The third-order valence-electron chi connectivity index (χ3n) is 7.30. The number of rotatable bonds is 6. The van der Waals surface area contributed by atoms with Crippen LogP contribution < -0.4 is 5.32 Å². The smallest absolute Gasteiger partial charge is 0.248 e. The summed E-state index contributed by atoms with van der Waals surface area (Å²) in [5, 5.41) is 31.0. The summed E-state index contributed by atoms with van der Waals surface area (Å²) >= 11 is 0. The van der Waals surface area contributed by atoms with Crippen LogP contribution >= 0.6 is 0 Å². The van der Waals surface area contributed by atoms with E-state index in [2.05, 4.69) is 21.7 Å². The Bertz CT molecular complexity index is 904. The first-order chi connectivity index (χ1) is 15.7. The summed E-state index contributed by atoms with van der Waals surface area (Å²) < 4.78 is 1.64. The van der Waals surface area contributed by atoms with Crippen LogP contribution in [-0.4, -0.2) is 62.0 Å². The van der Waals surface area contributed by atoms with Crippen molar-refractivity contribution in [2.75, 3.05) is 13.1 Å². The number of hydrogen-bond donors (Lipinski definition) is 2. The molecule has 3 fully saturated rings. The topological polar surface area (TPSA) is 124 Å². The lowest BCUT2D eigenvalue weighted by molar-refractivity contribution is -0.144. The van der Waals surface area contributed by atoms with Crippen molar-refractivity contribution in [3.8, 4) is 6.07 Å². The predicted octanol–water partition coefficient (Wildman–Crippen LogP) is 2.15. The first kappa shape index (κ1) is 23.7. The molecular formula is C24H36N6O3. The van der Waals surface area contributed by atoms with Gasteiger partial charge in [0.25, 0.3) is 0 Å². The van der Waals surface area contributed by atoms with E-state index in [1.165, 1.54) is 4.90 Å². The van der Waals surface area contributed by atoms with Crippen molar-refractivity contribution in [2.24, 2.45) is 17.3 Å². The minimum absolute atomic E-state index is 0.126. The van der Waals surface area contributed by atoms with Crippen LogP contribution in [0.5, 0.6) is 0 Å². The molecule has 2 N–H and O–H groups in total. The number of nitriles is 1. The van der Waals surface area contributed by atoms with Gasteiger partial charge in [0.05, 0.1) is 17.9 Å². The number of β-amino-alcohol motifs (C(OH)–C–C–N with tert-alkyl or cyclic N) is 1. The Kier molecular flexibility index (Phi) is 6.76. The standard InChI is InChI=1S/C24H36N6O3/c1-24(2,3)21(30-14-19(27-28-30)17-8-9-17)23(33)29-13-18(31)10-20(29)22(32)26-12-16-6-4-15(11-25)5-7-16/h14-18,20-21,31H,4-10,12-13H2,1-3H3,(H,26,32)/t15-,16-,18-,20+,21-/m1/s1. The summed E-state index contributed by atoms with van der Waals surface area (Å²) in [5.41, 5.74) is 0.471. The zero-order valence-electron chi connectivity index (χ0n) is 19.9. The van der Waals surface area contributed by atoms with Crippen molar-refractivity contribution in [1.82, 2.24) is 25.2 Å². The Morgan fingerprint density at radius 1 is 1.24 bits per heavy atom. The molecule has 1 aromatic heterocycles. The molecule has 4 rings (SSSR count). The largest absolute Gasteiger partial charge is 0.391 e. The first-order valence-corrected chi connectivity index (χ1v) is 12.2. The Morgan fingerprint density at radius 3 is 2.55 bits per heavy atom. The number of nitrogens with one attached hydrogen (secondary N) is 1. The van der Waals surface area contributed by atoms with Crippen molar-refractivity contribution in [3.63, 3.8) is 0 Å². The van der Waals surface area contributed by atoms with E-state index < -0.39 is 23.6 Å². The molecule has 3 aliphatic rings. The maximum Gasteiger partial charge on any atom is 0.248 e. The van der Waals surface area contributed by atoms with E-state index in [4.69, 9.17) is 5.26 Å². The SMILES string of the molecule is CC(C)(C)[C@@H](C(=O)N1C[C@H](O)C[C@H]1C(=O)NC[C@H]1CC[C@H](C#N)CC1)n1cc(C2CC2)nn1. The monoisotopic (exact) mass is 456 g/mol.